The van der Waals surface area contributed by atoms with Crippen LogP contribution >= 0.6 is 0 Å². The number of ether oxygens (including phenoxy) is 2. The first-order valence-electron chi connectivity index (χ1n) is 9.29. The van der Waals surface area contributed by atoms with Crippen molar-refractivity contribution in [2.45, 2.75) is 25.8 Å². The van der Waals surface area contributed by atoms with E-state index in [0.717, 1.165) is 62.8 Å². The maximum Gasteiger partial charge on any atom is 0.274 e. The van der Waals surface area contributed by atoms with E-state index in [-0.39, 0.29) is 5.91 Å². The minimum atomic E-state index is -0.0210. The van der Waals surface area contributed by atoms with Gasteiger partial charge >= 0.3 is 0 Å². The molecule has 27 heavy (non-hydrogen) atoms. The summed E-state index contributed by atoms with van der Waals surface area (Å²) in [7, 11) is 3.30. The van der Waals surface area contributed by atoms with E-state index in [9.17, 15) is 4.79 Å². The Balaban J connectivity index is 1.51. The van der Waals surface area contributed by atoms with E-state index >= 15 is 0 Å². The lowest BCUT2D eigenvalue weighted by atomic mass is 9.99. The number of methoxy groups -OCH3 is 2. The average molecular weight is 368 g/mol. The zero-order valence-corrected chi connectivity index (χ0v) is 15.8. The fourth-order valence-corrected chi connectivity index (χ4v) is 3.76. The van der Waals surface area contributed by atoms with Gasteiger partial charge in [-0.25, -0.2) is 9.97 Å². The molecule has 2 aromatic rings. The van der Waals surface area contributed by atoms with Crippen LogP contribution in [0.3, 0.4) is 0 Å². The minimum Gasteiger partial charge on any atom is -0.493 e. The van der Waals surface area contributed by atoms with Gasteiger partial charge in [0, 0.05) is 26.2 Å². The molecule has 7 nitrogen and oxygen atoms in total. The highest BCUT2D eigenvalue weighted by molar-refractivity contribution is 5.92. The van der Waals surface area contributed by atoms with Gasteiger partial charge in [0.05, 0.1) is 26.6 Å². The third-order valence-corrected chi connectivity index (χ3v) is 5.29. The van der Waals surface area contributed by atoms with E-state index in [0.29, 0.717) is 5.69 Å². The second-order valence-corrected chi connectivity index (χ2v) is 6.91. The van der Waals surface area contributed by atoms with Gasteiger partial charge in [-0.2, -0.15) is 0 Å². The fourth-order valence-electron chi connectivity index (χ4n) is 3.76. The summed E-state index contributed by atoms with van der Waals surface area (Å²) in [6.07, 6.45) is 6.33. The molecule has 0 aliphatic carbocycles. The van der Waals surface area contributed by atoms with Crippen LogP contribution in [0.25, 0.3) is 0 Å². The zero-order chi connectivity index (χ0) is 18.8. The molecule has 0 atom stereocenters. The Bertz CT molecular complexity index is 832. The van der Waals surface area contributed by atoms with Gasteiger partial charge in [-0.3, -0.25) is 4.79 Å². The molecular formula is C20H24N4O3. The standard InChI is InChI=1S/C20H24N4O3/c1-26-17-9-14-5-8-24(13-15(14)10-18(17)27-2)19-12-21-16(11-22-19)20(25)23-6-3-4-7-23/h9-12H,3-8,13H2,1-2H3. The Morgan fingerprint density at radius 3 is 2.30 bits per heavy atom. The third-order valence-electron chi connectivity index (χ3n) is 5.29. The molecule has 142 valence electrons. The number of carbonyl (C=O) groups is 1. The van der Waals surface area contributed by atoms with Gasteiger partial charge in [-0.1, -0.05) is 0 Å². The van der Waals surface area contributed by atoms with Gasteiger partial charge in [0.1, 0.15) is 11.5 Å². The predicted octanol–water partition coefficient (Wildman–Crippen LogP) is 2.29. The van der Waals surface area contributed by atoms with Crippen molar-refractivity contribution in [1.29, 1.82) is 0 Å². The van der Waals surface area contributed by atoms with Crippen LogP contribution < -0.4 is 14.4 Å². The molecule has 3 heterocycles. The van der Waals surface area contributed by atoms with Crippen LogP contribution in [-0.4, -0.2) is 54.6 Å². The van der Waals surface area contributed by atoms with Crippen LogP contribution in [-0.2, 0) is 13.0 Å². The highest BCUT2D eigenvalue weighted by Crippen LogP contribution is 2.34. The summed E-state index contributed by atoms with van der Waals surface area (Å²) in [5.41, 5.74) is 2.88. The quantitative estimate of drug-likeness (QED) is 0.825. The summed E-state index contributed by atoms with van der Waals surface area (Å²) in [4.78, 5) is 25.3. The molecule has 0 bridgehead atoms. The van der Waals surface area contributed by atoms with Crippen LogP contribution in [0.15, 0.2) is 24.5 Å². The Morgan fingerprint density at radius 1 is 0.963 bits per heavy atom. The van der Waals surface area contributed by atoms with Gasteiger partial charge < -0.3 is 19.3 Å². The molecule has 1 aromatic carbocycles. The summed E-state index contributed by atoms with van der Waals surface area (Å²) in [6, 6.07) is 4.08. The summed E-state index contributed by atoms with van der Waals surface area (Å²) in [5.74, 6) is 2.26. The summed E-state index contributed by atoms with van der Waals surface area (Å²) < 4.78 is 10.8. The first kappa shape index (κ1) is 17.6. The third kappa shape index (κ3) is 3.41. The number of aromatic nitrogens is 2. The lowest BCUT2D eigenvalue weighted by Crippen LogP contribution is -2.32. The molecule has 0 N–H and O–H groups in total. The smallest absolute Gasteiger partial charge is 0.274 e. The predicted molar refractivity (Wildman–Crippen MR) is 101 cm³/mol. The van der Waals surface area contributed by atoms with Crippen molar-refractivity contribution < 1.29 is 14.3 Å². The Kier molecular flexibility index (Phi) is 4.83. The molecule has 0 saturated carbocycles. The van der Waals surface area contributed by atoms with Crippen molar-refractivity contribution in [1.82, 2.24) is 14.9 Å². The first-order valence-corrected chi connectivity index (χ1v) is 9.29. The van der Waals surface area contributed by atoms with Crippen molar-refractivity contribution in [3.63, 3.8) is 0 Å². The van der Waals surface area contributed by atoms with Gasteiger partial charge in [-0.15, -0.1) is 0 Å². The highest BCUT2D eigenvalue weighted by Gasteiger charge is 2.23. The first-order chi connectivity index (χ1) is 13.2. The van der Waals surface area contributed by atoms with E-state index in [1.54, 1.807) is 26.6 Å². The zero-order valence-electron chi connectivity index (χ0n) is 15.8. The van der Waals surface area contributed by atoms with Crippen molar-refractivity contribution in [3.05, 3.63) is 41.3 Å². The molecule has 2 aliphatic heterocycles. The van der Waals surface area contributed by atoms with Gasteiger partial charge in [-0.05, 0) is 42.5 Å². The molecule has 0 spiro atoms. The Hall–Kier alpha value is -2.83. The van der Waals surface area contributed by atoms with Crippen molar-refractivity contribution in [3.8, 4) is 11.5 Å². The normalized spacial score (nSPS) is 16.2. The van der Waals surface area contributed by atoms with E-state index in [1.165, 1.54) is 11.1 Å². The van der Waals surface area contributed by atoms with Gasteiger partial charge in [0.25, 0.3) is 5.91 Å². The summed E-state index contributed by atoms with van der Waals surface area (Å²) >= 11 is 0. The second kappa shape index (κ2) is 7.42. The van der Waals surface area contributed by atoms with Gasteiger partial charge in [0.15, 0.2) is 11.5 Å². The van der Waals surface area contributed by atoms with Crippen LogP contribution in [0.4, 0.5) is 5.82 Å². The van der Waals surface area contributed by atoms with Crippen LogP contribution in [0.5, 0.6) is 11.5 Å². The molecular weight excluding hydrogens is 344 g/mol. The summed E-state index contributed by atoms with van der Waals surface area (Å²) in [6.45, 7) is 3.20. The molecule has 0 unspecified atom stereocenters. The topological polar surface area (TPSA) is 67.8 Å². The molecule has 1 amide bonds. The molecule has 1 saturated heterocycles. The van der Waals surface area contributed by atoms with E-state index < -0.39 is 0 Å². The number of benzene rings is 1. The minimum absolute atomic E-state index is 0.0210. The Labute approximate surface area is 158 Å². The number of amides is 1. The monoisotopic (exact) mass is 368 g/mol. The number of likely N-dealkylation sites (tertiary alicyclic amines) is 1. The molecule has 4 rings (SSSR count). The maximum absolute atomic E-state index is 12.4. The van der Waals surface area contributed by atoms with Crippen LogP contribution in [0.2, 0.25) is 0 Å². The number of nitrogens with zero attached hydrogens (tertiary/aromatic N) is 4. The van der Waals surface area contributed by atoms with Crippen molar-refractivity contribution >= 4 is 11.7 Å². The molecule has 1 fully saturated rings. The highest BCUT2D eigenvalue weighted by atomic mass is 16.5. The SMILES string of the molecule is COc1cc2c(cc1OC)CN(c1cnc(C(=O)N3CCCC3)cn1)CC2. The van der Waals surface area contributed by atoms with Crippen LogP contribution in [0.1, 0.15) is 34.5 Å². The van der Waals surface area contributed by atoms with Gasteiger partial charge in [0.2, 0.25) is 0 Å². The average Bonchev–Trinajstić information content (AvgIpc) is 3.26. The fraction of sp³-hybridized carbons (Fsp3) is 0.450. The summed E-state index contributed by atoms with van der Waals surface area (Å²) in [5, 5.41) is 0. The maximum atomic E-state index is 12.4. The number of fused-ring (bicyclic) bond motifs is 1. The lowest BCUT2D eigenvalue weighted by molar-refractivity contribution is 0.0786. The Morgan fingerprint density at radius 2 is 1.67 bits per heavy atom. The largest absolute Gasteiger partial charge is 0.493 e. The number of anilines is 1. The molecule has 7 heteroatoms. The molecule has 2 aliphatic rings. The number of carbonyl (C=O) groups excluding carboxylic acids is 1. The molecule has 0 radical (unpaired) electrons. The number of rotatable bonds is 4. The lowest BCUT2D eigenvalue weighted by Gasteiger charge is -2.30. The van der Waals surface area contributed by atoms with Crippen molar-refractivity contribution in [2.75, 3.05) is 38.8 Å². The van der Waals surface area contributed by atoms with Crippen LogP contribution in [0, 0.1) is 0 Å². The second-order valence-electron chi connectivity index (χ2n) is 6.91. The van der Waals surface area contributed by atoms with E-state index in [1.807, 2.05) is 11.0 Å². The van der Waals surface area contributed by atoms with Crippen molar-refractivity contribution in [2.24, 2.45) is 0 Å². The molecule has 1 aromatic heterocycles. The number of hydrogen-bond acceptors (Lipinski definition) is 6. The number of hydrogen-bond donors (Lipinski definition) is 0. The van der Waals surface area contributed by atoms with E-state index in [4.69, 9.17) is 9.47 Å². The van der Waals surface area contributed by atoms with E-state index in [2.05, 4.69) is 20.9 Å².